The third-order valence-corrected chi connectivity index (χ3v) is 2.40. The molecule has 0 radical (unpaired) electrons. The van der Waals surface area contributed by atoms with E-state index in [1.165, 1.54) is 0 Å². The standard InChI is InChI=1S/C11H11NO2/c1-8-3-2-4-9-5-10(12-7-13)6-14-11(8)9/h2-4,10H,5-6H2,1H3. The van der Waals surface area contributed by atoms with Gasteiger partial charge in [-0.25, -0.2) is 4.79 Å². The predicted molar refractivity (Wildman–Crippen MR) is 52.3 cm³/mol. The summed E-state index contributed by atoms with van der Waals surface area (Å²) in [4.78, 5) is 13.8. The van der Waals surface area contributed by atoms with E-state index in [9.17, 15) is 4.79 Å². The Balaban J connectivity index is 2.31. The number of fused-ring (bicyclic) bond motifs is 1. The van der Waals surface area contributed by atoms with Crippen molar-refractivity contribution in [3.05, 3.63) is 29.3 Å². The highest BCUT2D eigenvalue weighted by atomic mass is 16.5. The van der Waals surface area contributed by atoms with Crippen molar-refractivity contribution in [2.24, 2.45) is 4.99 Å². The number of aryl methyl sites for hydroxylation is 1. The van der Waals surface area contributed by atoms with Gasteiger partial charge in [0.15, 0.2) is 0 Å². The Morgan fingerprint density at radius 2 is 2.43 bits per heavy atom. The van der Waals surface area contributed by atoms with Gasteiger partial charge < -0.3 is 4.74 Å². The number of ether oxygens (including phenoxy) is 1. The summed E-state index contributed by atoms with van der Waals surface area (Å²) in [5.74, 6) is 0.949. The van der Waals surface area contributed by atoms with Crippen LogP contribution in [0.25, 0.3) is 0 Å². The SMILES string of the molecule is Cc1cccc2c1OCC(N=C=O)C2. The average molecular weight is 189 g/mol. The zero-order valence-electron chi connectivity index (χ0n) is 7.99. The summed E-state index contributed by atoms with van der Waals surface area (Å²) in [6, 6.07) is 5.95. The van der Waals surface area contributed by atoms with Gasteiger partial charge in [0.1, 0.15) is 18.4 Å². The fourth-order valence-electron chi connectivity index (χ4n) is 1.73. The highest BCUT2D eigenvalue weighted by Gasteiger charge is 2.19. The lowest BCUT2D eigenvalue weighted by molar-refractivity contribution is 0.262. The summed E-state index contributed by atoms with van der Waals surface area (Å²) in [5.41, 5.74) is 2.26. The first-order valence-electron chi connectivity index (χ1n) is 4.59. The Labute approximate surface area is 82.4 Å². The Morgan fingerprint density at radius 3 is 3.21 bits per heavy atom. The molecule has 1 unspecified atom stereocenters. The number of isocyanates is 1. The summed E-state index contributed by atoms with van der Waals surface area (Å²) in [7, 11) is 0. The van der Waals surface area contributed by atoms with Gasteiger partial charge in [-0.2, -0.15) is 4.99 Å². The summed E-state index contributed by atoms with van der Waals surface area (Å²) < 4.78 is 5.55. The second kappa shape index (κ2) is 3.64. The second-order valence-electron chi connectivity index (χ2n) is 3.45. The van der Waals surface area contributed by atoms with E-state index in [0.717, 1.165) is 23.3 Å². The van der Waals surface area contributed by atoms with Crippen LogP contribution >= 0.6 is 0 Å². The average Bonchev–Trinajstić information content (AvgIpc) is 2.18. The van der Waals surface area contributed by atoms with E-state index in [1.807, 2.05) is 25.1 Å². The zero-order chi connectivity index (χ0) is 9.97. The Bertz CT molecular complexity index is 394. The van der Waals surface area contributed by atoms with Crippen LogP contribution in [0.3, 0.4) is 0 Å². The molecule has 3 heteroatoms. The molecule has 0 aliphatic carbocycles. The first-order chi connectivity index (χ1) is 6.81. The van der Waals surface area contributed by atoms with Crippen LogP contribution in [0.15, 0.2) is 23.2 Å². The number of carbonyl (C=O) groups excluding carboxylic acids is 1. The number of rotatable bonds is 1. The molecule has 1 aromatic carbocycles. The van der Waals surface area contributed by atoms with Crippen molar-refractivity contribution in [1.82, 2.24) is 0 Å². The predicted octanol–water partition coefficient (Wildman–Crippen LogP) is 1.63. The molecule has 1 aromatic rings. The molecule has 1 aliphatic heterocycles. The van der Waals surface area contributed by atoms with Gasteiger partial charge in [-0.15, -0.1) is 0 Å². The number of para-hydroxylation sites is 1. The molecule has 0 bridgehead atoms. The molecule has 0 fully saturated rings. The van der Waals surface area contributed by atoms with Crippen LogP contribution in [0.1, 0.15) is 11.1 Å². The fourth-order valence-corrected chi connectivity index (χ4v) is 1.73. The van der Waals surface area contributed by atoms with Crippen molar-refractivity contribution in [3.8, 4) is 5.75 Å². The minimum atomic E-state index is -0.0678. The minimum Gasteiger partial charge on any atom is -0.491 e. The maximum Gasteiger partial charge on any atom is 0.235 e. The van der Waals surface area contributed by atoms with Crippen molar-refractivity contribution >= 4 is 6.08 Å². The fraction of sp³-hybridized carbons (Fsp3) is 0.364. The molecular weight excluding hydrogens is 178 g/mol. The number of benzene rings is 1. The summed E-state index contributed by atoms with van der Waals surface area (Å²) in [5, 5.41) is 0. The van der Waals surface area contributed by atoms with Crippen LogP contribution in [-0.4, -0.2) is 18.7 Å². The van der Waals surface area contributed by atoms with Gasteiger partial charge in [0, 0.05) is 6.42 Å². The largest absolute Gasteiger partial charge is 0.491 e. The Morgan fingerprint density at radius 1 is 1.57 bits per heavy atom. The maximum atomic E-state index is 10.1. The second-order valence-corrected chi connectivity index (χ2v) is 3.45. The van der Waals surface area contributed by atoms with Gasteiger partial charge in [-0.3, -0.25) is 0 Å². The van der Waals surface area contributed by atoms with Crippen LogP contribution in [-0.2, 0) is 11.2 Å². The molecule has 0 aromatic heterocycles. The molecular formula is C11H11NO2. The number of hydrogen-bond donors (Lipinski definition) is 0. The van der Waals surface area contributed by atoms with E-state index in [4.69, 9.17) is 4.74 Å². The lowest BCUT2D eigenvalue weighted by atomic mass is 10.0. The van der Waals surface area contributed by atoms with Crippen LogP contribution in [0.5, 0.6) is 5.75 Å². The van der Waals surface area contributed by atoms with Gasteiger partial charge in [0.25, 0.3) is 0 Å². The number of aliphatic imine (C=N–C) groups is 1. The molecule has 0 spiro atoms. The molecule has 1 heterocycles. The molecule has 0 amide bonds. The quantitative estimate of drug-likeness (QED) is 0.497. The number of nitrogens with zero attached hydrogens (tertiary/aromatic N) is 1. The molecule has 72 valence electrons. The topological polar surface area (TPSA) is 38.7 Å². The van der Waals surface area contributed by atoms with Crippen molar-refractivity contribution in [2.75, 3.05) is 6.61 Å². The smallest absolute Gasteiger partial charge is 0.235 e. The maximum absolute atomic E-state index is 10.1. The monoisotopic (exact) mass is 189 g/mol. The summed E-state index contributed by atoms with van der Waals surface area (Å²) >= 11 is 0. The van der Waals surface area contributed by atoms with Gasteiger partial charge in [-0.05, 0) is 18.1 Å². The molecule has 0 N–H and O–H groups in total. The Kier molecular flexibility index (Phi) is 2.33. The zero-order valence-corrected chi connectivity index (χ0v) is 7.99. The van der Waals surface area contributed by atoms with E-state index in [0.29, 0.717) is 6.61 Å². The van der Waals surface area contributed by atoms with E-state index < -0.39 is 0 Å². The van der Waals surface area contributed by atoms with Gasteiger partial charge >= 0.3 is 0 Å². The minimum absolute atomic E-state index is 0.0678. The molecule has 2 rings (SSSR count). The summed E-state index contributed by atoms with van der Waals surface area (Å²) in [6.45, 7) is 2.50. The van der Waals surface area contributed by atoms with Crippen molar-refractivity contribution in [3.63, 3.8) is 0 Å². The summed E-state index contributed by atoms with van der Waals surface area (Å²) in [6.07, 6.45) is 2.35. The van der Waals surface area contributed by atoms with E-state index in [-0.39, 0.29) is 6.04 Å². The normalized spacial score (nSPS) is 19.1. The molecule has 1 aliphatic rings. The van der Waals surface area contributed by atoms with E-state index in [2.05, 4.69) is 4.99 Å². The van der Waals surface area contributed by atoms with Crippen LogP contribution in [0, 0.1) is 6.92 Å². The first-order valence-corrected chi connectivity index (χ1v) is 4.59. The van der Waals surface area contributed by atoms with Crippen molar-refractivity contribution < 1.29 is 9.53 Å². The molecule has 0 saturated carbocycles. The van der Waals surface area contributed by atoms with Crippen LogP contribution < -0.4 is 4.74 Å². The highest BCUT2D eigenvalue weighted by molar-refractivity contribution is 5.43. The third kappa shape index (κ3) is 1.54. The number of hydrogen-bond acceptors (Lipinski definition) is 3. The molecule has 14 heavy (non-hydrogen) atoms. The molecule has 3 nitrogen and oxygen atoms in total. The molecule has 1 atom stereocenters. The van der Waals surface area contributed by atoms with E-state index >= 15 is 0 Å². The van der Waals surface area contributed by atoms with Crippen LogP contribution in [0.4, 0.5) is 0 Å². The third-order valence-electron chi connectivity index (χ3n) is 2.40. The van der Waals surface area contributed by atoms with Crippen LogP contribution in [0.2, 0.25) is 0 Å². The molecule has 0 saturated heterocycles. The lowest BCUT2D eigenvalue weighted by Gasteiger charge is -2.22. The van der Waals surface area contributed by atoms with Gasteiger partial charge in [0.05, 0.1) is 0 Å². The van der Waals surface area contributed by atoms with Gasteiger partial charge in [0.2, 0.25) is 6.08 Å². The van der Waals surface area contributed by atoms with Gasteiger partial charge in [-0.1, -0.05) is 18.2 Å². The van der Waals surface area contributed by atoms with Crippen molar-refractivity contribution in [1.29, 1.82) is 0 Å². The highest BCUT2D eigenvalue weighted by Crippen LogP contribution is 2.28. The Hall–Kier alpha value is -1.60. The lowest BCUT2D eigenvalue weighted by Crippen LogP contribution is -2.24. The van der Waals surface area contributed by atoms with E-state index in [1.54, 1.807) is 6.08 Å². The first kappa shape index (κ1) is 8.97. The van der Waals surface area contributed by atoms with Crippen molar-refractivity contribution in [2.45, 2.75) is 19.4 Å².